The van der Waals surface area contributed by atoms with E-state index in [1.54, 1.807) is 0 Å². The first-order chi connectivity index (χ1) is 17.3. The molecule has 9 heteroatoms. The van der Waals surface area contributed by atoms with E-state index in [4.69, 9.17) is 18.9 Å². The minimum Gasteiger partial charge on any atom is -0.386 e. The van der Waals surface area contributed by atoms with Gasteiger partial charge in [-0.1, -0.05) is 50.4 Å². The lowest BCUT2D eigenvalue weighted by Gasteiger charge is -2.25. The summed E-state index contributed by atoms with van der Waals surface area (Å²) in [5.74, 6) is -5.17. The van der Waals surface area contributed by atoms with Crippen molar-refractivity contribution in [2.24, 2.45) is 5.92 Å². The second kappa shape index (κ2) is 16.2. The van der Waals surface area contributed by atoms with Crippen molar-refractivity contribution in [1.29, 1.82) is 0 Å². The highest BCUT2D eigenvalue weighted by atomic mass is 16.7. The molecule has 0 radical (unpaired) electrons. The lowest BCUT2D eigenvalue weighted by Crippen LogP contribution is -2.34. The van der Waals surface area contributed by atoms with Crippen molar-refractivity contribution < 1.29 is 38.1 Å². The first-order valence-electron chi connectivity index (χ1n) is 10.9. The first-order valence-corrected chi connectivity index (χ1v) is 10.9. The van der Waals surface area contributed by atoms with Gasteiger partial charge < -0.3 is 18.9 Å². The standard InChI is InChI=1S/C27H29NO8/c1-6-22(29)33-25(8-3)35-24(31)17-16-21(27(32)36-26(9-4)34-23(30)7-2)19-28(10-5)18-20-14-12-11-13-15-20/h6-7,11-15,21H,1-4,10,16-19H2,5H3. The van der Waals surface area contributed by atoms with Crippen molar-refractivity contribution in [3.05, 3.63) is 97.7 Å². The van der Waals surface area contributed by atoms with E-state index < -0.39 is 41.7 Å². The highest BCUT2D eigenvalue weighted by Crippen LogP contribution is 2.17. The van der Waals surface area contributed by atoms with Crippen LogP contribution in [0.3, 0.4) is 0 Å². The average molecular weight is 496 g/mol. The molecule has 1 atom stereocenters. The van der Waals surface area contributed by atoms with E-state index in [0.717, 1.165) is 17.7 Å². The molecule has 1 aromatic carbocycles. The molecular weight excluding hydrogens is 466 g/mol. The fraction of sp³-hybridized carbons (Fsp3) is 0.259. The zero-order valence-electron chi connectivity index (χ0n) is 20.2. The Morgan fingerprint density at radius 2 is 1.47 bits per heavy atom. The molecule has 1 rings (SSSR count). The molecule has 0 spiro atoms. The SMILES string of the molecule is C=C=C(OC(=O)C=C)OC(=O)CCC(CN(CC)Cc1ccccc1)C(=O)OC(=C=C)OC(=O)C=C. The smallest absolute Gasteiger partial charge is 0.342 e. The minimum atomic E-state index is -0.855. The summed E-state index contributed by atoms with van der Waals surface area (Å²) in [4.78, 5) is 50.0. The van der Waals surface area contributed by atoms with Gasteiger partial charge in [0, 0.05) is 31.7 Å². The van der Waals surface area contributed by atoms with Crippen LogP contribution in [0.5, 0.6) is 0 Å². The van der Waals surface area contributed by atoms with Crippen molar-refractivity contribution >= 4 is 23.9 Å². The maximum absolute atomic E-state index is 12.9. The molecule has 36 heavy (non-hydrogen) atoms. The van der Waals surface area contributed by atoms with Crippen molar-refractivity contribution in [2.75, 3.05) is 13.1 Å². The van der Waals surface area contributed by atoms with Crippen LogP contribution < -0.4 is 0 Å². The van der Waals surface area contributed by atoms with Gasteiger partial charge in [-0.2, -0.15) is 0 Å². The molecule has 0 aromatic heterocycles. The van der Waals surface area contributed by atoms with E-state index in [1.807, 2.05) is 42.2 Å². The fourth-order valence-electron chi connectivity index (χ4n) is 2.82. The molecule has 0 aliphatic carbocycles. The van der Waals surface area contributed by atoms with Crippen LogP contribution >= 0.6 is 0 Å². The monoisotopic (exact) mass is 495 g/mol. The van der Waals surface area contributed by atoms with Gasteiger partial charge in [-0.25, -0.2) is 9.59 Å². The second-order valence-corrected chi connectivity index (χ2v) is 7.12. The van der Waals surface area contributed by atoms with Crippen molar-refractivity contribution in [3.63, 3.8) is 0 Å². The van der Waals surface area contributed by atoms with Crippen LogP contribution in [0.15, 0.2) is 92.2 Å². The third-order valence-electron chi connectivity index (χ3n) is 4.61. The lowest BCUT2D eigenvalue weighted by molar-refractivity contribution is -0.155. The topological polar surface area (TPSA) is 108 Å². The first kappa shape index (κ1) is 29.6. The van der Waals surface area contributed by atoms with Crippen LogP contribution in [0, 0.1) is 5.92 Å². The Balaban J connectivity index is 2.97. The number of carbonyl (C=O) groups excluding carboxylic acids is 4. The summed E-state index contributed by atoms with van der Waals surface area (Å²) in [6.07, 6.45) is 1.54. The van der Waals surface area contributed by atoms with Gasteiger partial charge >= 0.3 is 35.8 Å². The van der Waals surface area contributed by atoms with Crippen LogP contribution in [0.2, 0.25) is 0 Å². The van der Waals surface area contributed by atoms with Gasteiger partial charge in [0.2, 0.25) is 0 Å². The number of nitrogens with zero attached hydrogens (tertiary/aromatic N) is 1. The van der Waals surface area contributed by atoms with Crippen molar-refractivity contribution in [2.45, 2.75) is 26.3 Å². The zero-order chi connectivity index (χ0) is 26.9. The van der Waals surface area contributed by atoms with Crippen LogP contribution in [-0.2, 0) is 44.7 Å². The van der Waals surface area contributed by atoms with Gasteiger partial charge in [-0.3, -0.25) is 14.5 Å². The summed E-state index contributed by atoms with van der Waals surface area (Å²) in [7, 11) is 0. The highest BCUT2D eigenvalue weighted by molar-refractivity contribution is 5.83. The zero-order valence-corrected chi connectivity index (χ0v) is 20.2. The number of esters is 4. The summed E-state index contributed by atoms with van der Waals surface area (Å²) in [5.41, 5.74) is 5.46. The van der Waals surface area contributed by atoms with Crippen LogP contribution in [-0.4, -0.2) is 41.9 Å². The summed E-state index contributed by atoms with van der Waals surface area (Å²) >= 11 is 0. The number of ether oxygens (including phenoxy) is 4. The number of rotatable bonds is 15. The Kier molecular flexibility index (Phi) is 13.4. The number of benzene rings is 1. The highest BCUT2D eigenvalue weighted by Gasteiger charge is 2.27. The largest absolute Gasteiger partial charge is 0.386 e. The quantitative estimate of drug-likeness (QED) is 0.156. The Morgan fingerprint density at radius 3 is 1.97 bits per heavy atom. The van der Waals surface area contributed by atoms with E-state index in [0.29, 0.717) is 13.1 Å². The number of hydrogen-bond acceptors (Lipinski definition) is 9. The maximum Gasteiger partial charge on any atom is 0.342 e. The summed E-state index contributed by atoms with van der Waals surface area (Å²) in [6, 6.07) is 9.62. The molecule has 1 unspecified atom stereocenters. The van der Waals surface area contributed by atoms with Gasteiger partial charge in [-0.15, -0.1) is 0 Å². The molecule has 0 saturated carbocycles. The molecule has 0 heterocycles. The summed E-state index contributed by atoms with van der Waals surface area (Å²) in [6.45, 7) is 16.4. The molecule has 0 amide bonds. The van der Waals surface area contributed by atoms with E-state index in [-0.39, 0.29) is 19.4 Å². The van der Waals surface area contributed by atoms with E-state index in [1.165, 1.54) is 0 Å². The number of carbonyl (C=O) groups is 4. The third-order valence-corrected chi connectivity index (χ3v) is 4.61. The molecular formula is C27H29NO8. The fourth-order valence-corrected chi connectivity index (χ4v) is 2.82. The average Bonchev–Trinajstić information content (AvgIpc) is 2.89. The van der Waals surface area contributed by atoms with Gasteiger partial charge in [-0.05, 0) is 43.1 Å². The lowest BCUT2D eigenvalue weighted by atomic mass is 10.0. The minimum absolute atomic E-state index is 0.00259. The van der Waals surface area contributed by atoms with E-state index in [9.17, 15) is 19.2 Å². The van der Waals surface area contributed by atoms with Gasteiger partial charge in [0.05, 0.1) is 5.92 Å². The maximum atomic E-state index is 12.9. The summed E-state index contributed by atoms with van der Waals surface area (Å²) in [5, 5.41) is 0. The molecule has 0 saturated heterocycles. The molecule has 0 N–H and O–H groups in total. The van der Waals surface area contributed by atoms with Crippen molar-refractivity contribution in [1.82, 2.24) is 4.90 Å². The van der Waals surface area contributed by atoms with Gasteiger partial charge in [0.25, 0.3) is 0 Å². The van der Waals surface area contributed by atoms with Gasteiger partial charge in [0.15, 0.2) is 0 Å². The normalized spacial score (nSPS) is 10.6. The van der Waals surface area contributed by atoms with Crippen LogP contribution in [0.25, 0.3) is 0 Å². The summed E-state index contributed by atoms with van der Waals surface area (Å²) < 4.78 is 19.6. The van der Waals surface area contributed by atoms with Gasteiger partial charge in [0.1, 0.15) is 0 Å². The molecule has 0 bridgehead atoms. The molecule has 1 aromatic rings. The predicted octanol–water partition coefficient (Wildman–Crippen LogP) is 3.70. The third kappa shape index (κ3) is 11.1. The Bertz CT molecular complexity index is 1060. The molecule has 0 aliphatic rings. The molecule has 190 valence electrons. The van der Waals surface area contributed by atoms with Crippen LogP contribution in [0.1, 0.15) is 25.3 Å². The second-order valence-electron chi connectivity index (χ2n) is 7.12. The predicted molar refractivity (Wildman–Crippen MR) is 130 cm³/mol. The Labute approximate surface area is 210 Å². The van der Waals surface area contributed by atoms with E-state index >= 15 is 0 Å². The molecule has 0 fully saturated rings. The Hall–Kier alpha value is -4.42. The number of hydrogen-bond donors (Lipinski definition) is 0. The van der Waals surface area contributed by atoms with E-state index in [2.05, 4.69) is 37.8 Å². The van der Waals surface area contributed by atoms with Crippen molar-refractivity contribution in [3.8, 4) is 0 Å². The molecule has 9 nitrogen and oxygen atoms in total. The Morgan fingerprint density at radius 1 is 0.917 bits per heavy atom. The van der Waals surface area contributed by atoms with Crippen LogP contribution in [0.4, 0.5) is 0 Å². The molecule has 0 aliphatic heterocycles.